The van der Waals surface area contributed by atoms with Crippen molar-refractivity contribution in [1.82, 2.24) is 0 Å². The van der Waals surface area contributed by atoms with Crippen LogP contribution >= 0.6 is 0 Å². The number of fused-ring (bicyclic) bond motifs is 1. The van der Waals surface area contributed by atoms with Crippen LogP contribution in [0.3, 0.4) is 0 Å². The number of carbonyl (C=O) groups excluding carboxylic acids is 2. The first kappa shape index (κ1) is 8.17. The second kappa shape index (κ2) is 2.67. The first-order chi connectivity index (χ1) is 7.25. The van der Waals surface area contributed by atoms with Gasteiger partial charge >= 0.3 is 0 Å². The molecule has 0 radical (unpaired) electrons. The van der Waals surface area contributed by atoms with Gasteiger partial charge in [-0.15, -0.1) is 0 Å². The summed E-state index contributed by atoms with van der Waals surface area (Å²) >= 11 is 0. The summed E-state index contributed by atoms with van der Waals surface area (Å²) in [5.41, 5.74) is 2.85. The summed E-state index contributed by atoms with van der Waals surface area (Å²) in [4.78, 5) is 24.0. The van der Waals surface area contributed by atoms with Crippen LogP contribution in [0.15, 0.2) is 30.4 Å². The fourth-order valence-electron chi connectivity index (χ4n) is 1.74. The quantitative estimate of drug-likeness (QED) is 0.651. The van der Waals surface area contributed by atoms with Crippen LogP contribution in [0.2, 0.25) is 0 Å². The monoisotopic (exact) mass is 197 g/mol. The highest BCUT2D eigenvalue weighted by Gasteiger charge is 2.25. The van der Waals surface area contributed by atoms with E-state index in [0.717, 1.165) is 11.1 Å². The number of imide groups is 1. The molecule has 0 fully saturated rings. The summed E-state index contributed by atoms with van der Waals surface area (Å²) in [5, 5.41) is 0. The smallest absolute Gasteiger partial charge is 0.258 e. The van der Waals surface area contributed by atoms with Gasteiger partial charge in [-0.2, -0.15) is 0 Å². The van der Waals surface area contributed by atoms with E-state index in [1.807, 2.05) is 24.3 Å². The Labute approximate surface area is 86.3 Å². The Kier molecular flexibility index (Phi) is 1.45. The Hall–Kier alpha value is -2.16. The van der Waals surface area contributed by atoms with E-state index in [-0.39, 0.29) is 11.8 Å². The van der Waals surface area contributed by atoms with Crippen LogP contribution in [-0.4, -0.2) is 11.8 Å². The third-order valence-corrected chi connectivity index (χ3v) is 2.58. The molecular formula is C12H7NO2. The molecule has 0 atom stereocenters. The molecule has 1 aliphatic carbocycles. The van der Waals surface area contributed by atoms with Gasteiger partial charge in [0.05, 0.1) is 5.69 Å². The topological polar surface area (TPSA) is 37.4 Å². The summed E-state index contributed by atoms with van der Waals surface area (Å²) < 4.78 is 0. The predicted molar refractivity (Wildman–Crippen MR) is 57.0 cm³/mol. The third-order valence-electron chi connectivity index (χ3n) is 2.58. The van der Waals surface area contributed by atoms with Crippen LogP contribution < -0.4 is 4.90 Å². The van der Waals surface area contributed by atoms with E-state index in [9.17, 15) is 9.59 Å². The summed E-state index contributed by atoms with van der Waals surface area (Å²) in [6.45, 7) is 0. The van der Waals surface area contributed by atoms with Gasteiger partial charge in [0.2, 0.25) is 0 Å². The van der Waals surface area contributed by atoms with Crippen LogP contribution in [0.25, 0.3) is 12.2 Å². The molecular weight excluding hydrogens is 190 g/mol. The van der Waals surface area contributed by atoms with Crippen molar-refractivity contribution in [3.05, 3.63) is 41.5 Å². The number of benzene rings is 1. The Balaban J connectivity index is 2.04. The van der Waals surface area contributed by atoms with Gasteiger partial charge in [-0.25, -0.2) is 4.90 Å². The summed E-state index contributed by atoms with van der Waals surface area (Å²) in [7, 11) is 0. The maximum atomic E-state index is 11.4. The minimum absolute atomic E-state index is 0.275. The molecule has 0 N–H and O–H groups in total. The molecule has 3 heteroatoms. The zero-order chi connectivity index (χ0) is 10.4. The van der Waals surface area contributed by atoms with E-state index < -0.39 is 0 Å². The molecule has 1 aromatic carbocycles. The molecule has 2 amide bonds. The molecule has 1 aromatic rings. The van der Waals surface area contributed by atoms with E-state index in [4.69, 9.17) is 0 Å². The molecule has 3 nitrogen and oxygen atoms in total. The largest absolute Gasteiger partial charge is 0.269 e. The lowest BCUT2D eigenvalue weighted by molar-refractivity contribution is -0.119. The van der Waals surface area contributed by atoms with Crippen LogP contribution in [0, 0.1) is 0 Å². The molecule has 3 rings (SSSR count). The van der Waals surface area contributed by atoms with E-state index >= 15 is 0 Å². The van der Waals surface area contributed by atoms with Gasteiger partial charge in [-0.05, 0) is 23.3 Å². The number of amides is 2. The zero-order valence-electron chi connectivity index (χ0n) is 7.81. The maximum Gasteiger partial charge on any atom is 0.258 e. The Morgan fingerprint density at radius 1 is 0.800 bits per heavy atom. The molecule has 1 aliphatic heterocycles. The highest BCUT2D eigenvalue weighted by atomic mass is 16.2. The van der Waals surface area contributed by atoms with Gasteiger partial charge in [0.15, 0.2) is 0 Å². The minimum Gasteiger partial charge on any atom is -0.269 e. The normalized spacial score (nSPS) is 16.9. The van der Waals surface area contributed by atoms with Crippen molar-refractivity contribution >= 4 is 29.7 Å². The summed E-state index contributed by atoms with van der Waals surface area (Å²) in [6.07, 6.45) is 6.53. The Morgan fingerprint density at radius 3 is 2.00 bits per heavy atom. The lowest BCUT2D eigenvalue weighted by atomic mass is 9.97. The number of rotatable bonds is 1. The van der Waals surface area contributed by atoms with Crippen molar-refractivity contribution in [3.63, 3.8) is 0 Å². The molecule has 0 saturated heterocycles. The van der Waals surface area contributed by atoms with Gasteiger partial charge in [0.1, 0.15) is 0 Å². The van der Waals surface area contributed by atoms with Crippen molar-refractivity contribution in [1.29, 1.82) is 0 Å². The number of nitrogens with zero attached hydrogens (tertiary/aromatic N) is 1. The molecule has 2 aliphatic rings. The number of hydrogen-bond acceptors (Lipinski definition) is 2. The van der Waals surface area contributed by atoms with Crippen LogP contribution in [0.5, 0.6) is 0 Å². The lowest BCUT2D eigenvalue weighted by Crippen LogP contribution is -2.29. The molecule has 0 aromatic heterocycles. The second-order valence-electron chi connectivity index (χ2n) is 3.49. The van der Waals surface area contributed by atoms with Crippen LogP contribution in [0.4, 0.5) is 5.69 Å². The fourth-order valence-corrected chi connectivity index (χ4v) is 1.74. The molecule has 0 bridgehead atoms. The van der Waals surface area contributed by atoms with Crippen LogP contribution in [0.1, 0.15) is 11.1 Å². The number of hydrogen-bond donors (Lipinski definition) is 0. The highest BCUT2D eigenvalue weighted by molar-refractivity contribution is 6.28. The summed E-state index contributed by atoms with van der Waals surface area (Å²) in [5.74, 6) is -0.550. The minimum atomic E-state index is -0.275. The number of carbonyl (C=O) groups is 2. The van der Waals surface area contributed by atoms with E-state index in [1.54, 1.807) is 6.07 Å². The lowest BCUT2D eigenvalue weighted by Gasteiger charge is -2.17. The van der Waals surface area contributed by atoms with E-state index in [2.05, 4.69) is 0 Å². The van der Waals surface area contributed by atoms with Gasteiger partial charge in [-0.1, -0.05) is 18.2 Å². The van der Waals surface area contributed by atoms with Crippen molar-refractivity contribution < 1.29 is 9.59 Å². The van der Waals surface area contributed by atoms with Crippen molar-refractivity contribution in [3.8, 4) is 0 Å². The average molecular weight is 197 g/mol. The predicted octanol–water partition coefficient (Wildman–Crippen LogP) is 1.60. The SMILES string of the molecule is O=C1C=CC(=O)N1c1ccc2c(c1)C=C2. The second-order valence-corrected chi connectivity index (χ2v) is 3.49. The molecule has 1 heterocycles. The molecule has 0 saturated carbocycles. The standard InChI is InChI=1S/C12H7NO2/c14-11-5-6-12(15)13(11)10-4-3-8-1-2-9(8)7-10/h1-7H. The fraction of sp³-hybridized carbons (Fsp3) is 0. The van der Waals surface area contributed by atoms with Crippen molar-refractivity contribution in [2.45, 2.75) is 0 Å². The van der Waals surface area contributed by atoms with Crippen LogP contribution in [-0.2, 0) is 9.59 Å². The Bertz CT molecular complexity index is 523. The maximum absolute atomic E-state index is 11.4. The zero-order valence-corrected chi connectivity index (χ0v) is 7.81. The molecule has 0 unspecified atom stereocenters. The third kappa shape index (κ3) is 1.06. The van der Waals surface area contributed by atoms with Gasteiger partial charge < -0.3 is 0 Å². The number of anilines is 1. The van der Waals surface area contributed by atoms with E-state index in [0.29, 0.717) is 5.69 Å². The summed E-state index contributed by atoms with van der Waals surface area (Å²) in [6, 6.07) is 5.53. The highest BCUT2D eigenvalue weighted by Crippen LogP contribution is 2.29. The first-order valence-electron chi connectivity index (χ1n) is 4.64. The van der Waals surface area contributed by atoms with Gasteiger partial charge in [0, 0.05) is 12.2 Å². The molecule has 0 spiro atoms. The average Bonchev–Trinajstić information content (AvgIpc) is 2.50. The van der Waals surface area contributed by atoms with Crippen molar-refractivity contribution in [2.75, 3.05) is 4.90 Å². The van der Waals surface area contributed by atoms with Gasteiger partial charge in [-0.3, -0.25) is 9.59 Å². The molecule has 72 valence electrons. The van der Waals surface area contributed by atoms with Gasteiger partial charge in [0.25, 0.3) is 11.8 Å². The first-order valence-corrected chi connectivity index (χ1v) is 4.64. The van der Waals surface area contributed by atoms with E-state index in [1.165, 1.54) is 17.1 Å². The molecule has 15 heavy (non-hydrogen) atoms. The van der Waals surface area contributed by atoms with Crippen molar-refractivity contribution in [2.24, 2.45) is 0 Å². The Morgan fingerprint density at radius 2 is 1.47 bits per heavy atom.